The van der Waals surface area contributed by atoms with Gasteiger partial charge in [0.1, 0.15) is 11.5 Å². The molecule has 0 aliphatic heterocycles. The lowest BCUT2D eigenvalue weighted by molar-refractivity contribution is 0.306. The molecule has 3 rings (SSSR count). The second-order valence-electron chi connectivity index (χ2n) is 4.89. The van der Waals surface area contributed by atoms with E-state index in [1.807, 2.05) is 0 Å². The summed E-state index contributed by atoms with van der Waals surface area (Å²) >= 11 is 0. The molecule has 24 heavy (non-hydrogen) atoms. The van der Waals surface area contributed by atoms with Gasteiger partial charge in [-0.25, -0.2) is 9.02 Å². The fraction of sp³-hybridized carbons (Fsp3) is 0.143. The summed E-state index contributed by atoms with van der Waals surface area (Å²) in [5.74, 6) is 0.0211. The van der Waals surface area contributed by atoms with Gasteiger partial charge in [0.2, 0.25) is 11.6 Å². The van der Waals surface area contributed by atoms with Crippen LogP contribution in [0.4, 0.5) is 10.2 Å². The van der Waals surface area contributed by atoms with Crippen LogP contribution in [0.1, 0.15) is 23.9 Å². The van der Waals surface area contributed by atoms with Gasteiger partial charge in [-0.3, -0.25) is 0 Å². The second kappa shape index (κ2) is 6.36. The smallest absolute Gasteiger partial charge is 0.243 e. The third kappa shape index (κ3) is 3.02. The molecule has 1 aromatic carbocycles. The van der Waals surface area contributed by atoms with E-state index in [4.69, 9.17) is 5.73 Å². The van der Waals surface area contributed by atoms with E-state index in [1.54, 1.807) is 26.0 Å². The van der Waals surface area contributed by atoms with Crippen molar-refractivity contribution in [3.8, 4) is 5.82 Å². The van der Waals surface area contributed by atoms with Crippen molar-refractivity contribution in [2.75, 3.05) is 5.73 Å². The highest BCUT2D eigenvalue weighted by molar-refractivity contribution is 5.98. The highest BCUT2D eigenvalue weighted by Gasteiger charge is 2.17. The normalized spacial score (nSPS) is 12.2. The average Bonchev–Trinajstić information content (AvgIpc) is 3.13. The van der Waals surface area contributed by atoms with E-state index in [0.29, 0.717) is 22.7 Å². The number of nitrogens with zero attached hydrogens (tertiary/aromatic N) is 7. The summed E-state index contributed by atoms with van der Waals surface area (Å²) in [6.07, 6.45) is 1.45. The Hall–Kier alpha value is -3.43. The topological polar surface area (TPSA) is 120 Å². The maximum atomic E-state index is 13.1. The van der Waals surface area contributed by atoms with Gasteiger partial charge in [0.25, 0.3) is 0 Å². The molecule has 0 radical (unpaired) electrons. The number of hydrogen-bond acceptors (Lipinski definition) is 8. The zero-order valence-electron chi connectivity index (χ0n) is 12.9. The molecular formula is C14H13FN8O. The van der Waals surface area contributed by atoms with E-state index in [9.17, 15) is 4.39 Å². The summed E-state index contributed by atoms with van der Waals surface area (Å²) in [6.45, 7) is 3.51. The van der Waals surface area contributed by atoms with Crippen LogP contribution in [-0.2, 0) is 0 Å². The third-order valence-electron chi connectivity index (χ3n) is 3.20. The van der Waals surface area contributed by atoms with Crippen molar-refractivity contribution in [1.82, 2.24) is 25.3 Å². The molecule has 9 nitrogen and oxygen atoms in total. The Bertz CT molecular complexity index is 927. The minimum Gasteiger partial charge on any atom is -0.378 e. The number of anilines is 1. The molecule has 0 amide bonds. The molecular weight excluding hydrogens is 315 g/mol. The predicted octanol–water partition coefficient (Wildman–Crippen LogP) is 1.52. The minimum absolute atomic E-state index is 0.105. The molecule has 2 N–H and O–H groups in total. The fourth-order valence-electron chi connectivity index (χ4n) is 2.02. The molecule has 0 atom stereocenters. The van der Waals surface area contributed by atoms with Crippen LogP contribution in [0.15, 0.2) is 39.1 Å². The summed E-state index contributed by atoms with van der Waals surface area (Å²) in [7, 11) is 0. The van der Waals surface area contributed by atoms with Crippen molar-refractivity contribution in [3.05, 3.63) is 47.0 Å². The van der Waals surface area contributed by atoms with Crippen LogP contribution in [0.3, 0.4) is 0 Å². The predicted molar refractivity (Wildman–Crippen MR) is 84.6 cm³/mol. The van der Waals surface area contributed by atoms with Gasteiger partial charge in [-0.15, -0.1) is 5.10 Å². The van der Waals surface area contributed by atoms with Crippen molar-refractivity contribution in [3.63, 3.8) is 0 Å². The van der Waals surface area contributed by atoms with Crippen LogP contribution in [0.25, 0.3) is 5.82 Å². The Morgan fingerprint density at radius 3 is 2.92 bits per heavy atom. The highest BCUT2D eigenvalue weighted by atomic mass is 19.1. The van der Waals surface area contributed by atoms with Crippen molar-refractivity contribution in [2.24, 2.45) is 10.2 Å². The zero-order valence-corrected chi connectivity index (χ0v) is 12.9. The molecule has 0 fully saturated rings. The number of rotatable bonds is 4. The van der Waals surface area contributed by atoms with Gasteiger partial charge in [0, 0.05) is 0 Å². The molecule has 10 heteroatoms. The Morgan fingerprint density at radius 1 is 1.38 bits per heavy atom. The Balaban J connectivity index is 1.84. The molecule has 0 saturated heterocycles. The molecule has 2 heterocycles. The summed E-state index contributed by atoms with van der Waals surface area (Å²) in [5.41, 5.74) is 7.95. The van der Waals surface area contributed by atoms with Gasteiger partial charge in [0.15, 0.2) is 0 Å². The second-order valence-corrected chi connectivity index (χ2v) is 4.89. The number of aromatic nitrogens is 5. The molecule has 0 unspecified atom stereocenters. The zero-order chi connectivity index (χ0) is 17.1. The highest BCUT2D eigenvalue weighted by Crippen LogP contribution is 2.15. The standard InChI is InChI=1S/C14H13FN8O/c1-8(18-17-7-10-4-3-5-11(15)6-10)12-9(2)23(22-19-12)14-13(16)20-24-21-14/h3-7H,1-2H3,(H2,16,20)/b17-7+,18-8+. The van der Waals surface area contributed by atoms with E-state index >= 15 is 0 Å². The van der Waals surface area contributed by atoms with Crippen molar-refractivity contribution >= 4 is 17.7 Å². The van der Waals surface area contributed by atoms with E-state index in [1.165, 1.54) is 23.0 Å². The van der Waals surface area contributed by atoms with E-state index in [0.717, 1.165) is 0 Å². The molecule has 122 valence electrons. The largest absolute Gasteiger partial charge is 0.378 e. The van der Waals surface area contributed by atoms with Crippen LogP contribution >= 0.6 is 0 Å². The number of hydrogen-bond donors (Lipinski definition) is 1. The maximum absolute atomic E-state index is 13.1. The van der Waals surface area contributed by atoms with Crippen molar-refractivity contribution < 1.29 is 9.02 Å². The van der Waals surface area contributed by atoms with E-state index < -0.39 is 0 Å². The Kier molecular flexibility index (Phi) is 4.10. The lowest BCUT2D eigenvalue weighted by Crippen LogP contribution is -2.04. The van der Waals surface area contributed by atoms with E-state index in [2.05, 4.69) is 35.5 Å². The first-order valence-electron chi connectivity index (χ1n) is 6.90. The van der Waals surface area contributed by atoms with Gasteiger partial charge < -0.3 is 5.73 Å². The number of halogens is 1. The van der Waals surface area contributed by atoms with Crippen LogP contribution in [0, 0.1) is 12.7 Å². The molecule has 0 aliphatic rings. The minimum atomic E-state index is -0.336. The quantitative estimate of drug-likeness (QED) is 0.572. The maximum Gasteiger partial charge on any atom is 0.243 e. The van der Waals surface area contributed by atoms with Gasteiger partial charge in [-0.2, -0.15) is 14.9 Å². The summed E-state index contributed by atoms with van der Waals surface area (Å²) in [4.78, 5) is 0. The Morgan fingerprint density at radius 2 is 2.21 bits per heavy atom. The molecule has 3 aromatic rings. The lowest BCUT2D eigenvalue weighted by atomic mass is 10.2. The summed E-state index contributed by atoms with van der Waals surface area (Å²) < 4.78 is 19.0. The number of benzene rings is 1. The molecule has 0 aliphatic carbocycles. The third-order valence-corrected chi connectivity index (χ3v) is 3.20. The monoisotopic (exact) mass is 328 g/mol. The molecule has 0 saturated carbocycles. The Labute approximate surface area is 135 Å². The average molecular weight is 328 g/mol. The first-order valence-corrected chi connectivity index (χ1v) is 6.90. The number of nitrogen functional groups attached to an aromatic ring is 1. The van der Waals surface area contributed by atoms with Gasteiger partial charge in [0.05, 0.1) is 17.6 Å². The van der Waals surface area contributed by atoms with Crippen molar-refractivity contribution in [1.29, 1.82) is 0 Å². The van der Waals surface area contributed by atoms with Crippen LogP contribution in [-0.4, -0.2) is 37.2 Å². The SMILES string of the molecule is C/C(=N\N=C\c1cccc(F)c1)c1nnn(-c2nonc2N)c1C. The van der Waals surface area contributed by atoms with E-state index in [-0.39, 0.29) is 17.5 Å². The molecule has 0 bridgehead atoms. The number of nitrogens with two attached hydrogens (primary N) is 1. The van der Waals surface area contributed by atoms with Gasteiger partial charge in [-0.1, -0.05) is 17.3 Å². The lowest BCUT2D eigenvalue weighted by Gasteiger charge is -1.98. The molecule has 2 aromatic heterocycles. The van der Waals surface area contributed by atoms with Gasteiger partial charge >= 0.3 is 0 Å². The fourth-order valence-corrected chi connectivity index (χ4v) is 2.02. The van der Waals surface area contributed by atoms with Crippen LogP contribution in [0.5, 0.6) is 0 Å². The van der Waals surface area contributed by atoms with Crippen LogP contribution in [0.2, 0.25) is 0 Å². The van der Waals surface area contributed by atoms with Gasteiger partial charge in [-0.05, 0) is 41.9 Å². The first-order chi connectivity index (χ1) is 11.6. The summed E-state index contributed by atoms with van der Waals surface area (Å²) in [6, 6.07) is 6.03. The first kappa shape index (κ1) is 15.5. The van der Waals surface area contributed by atoms with Crippen molar-refractivity contribution in [2.45, 2.75) is 13.8 Å². The van der Waals surface area contributed by atoms with Crippen LogP contribution < -0.4 is 5.73 Å². The summed E-state index contributed by atoms with van der Waals surface area (Å²) in [5, 5.41) is 23.2. The molecule has 0 spiro atoms.